The van der Waals surface area contributed by atoms with E-state index in [1.807, 2.05) is 12.1 Å². The highest BCUT2D eigenvalue weighted by atomic mass is 16.5. The number of nitrogens with two attached hydrogens (primary N) is 1. The molecule has 1 aliphatic rings. The van der Waals surface area contributed by atoms with Gasteiger partial charge in [-0.25, -0.2) is 0 Å². The van der Waals surface area contributed by atoms with Crippen LogP contribution in [0.2, 0.25) is 0 Å². The van der Waals surface area contributed by atoms with Gasteiger partial charge in [-0.05, 0) is 50.3 Å². The lowest BCUT2D eigenvalue weighted by Crippen LogP contribution is -2.56. The Morgan fingerprint density at radius 1 is 1.40 bits per heavy atom. The Hall–Kier alpha value is -1.06. The molecule has 3 heteroatoms. The summed E-state index contributed by atoms with van der Waals surface area (Å²) in [6, 6.07) is 8.28. The molecular formula is C17H28N2O. The zero-order valence-corrected chi connectivity index (χ0v) is 13.1. The first-order chi connectivity index (χ1) is 9.59. The number of rotatable bonds is 5. The molecular weight excluding hydrogens is 248 g/mol. The van der Waals surface area contributed by atoms with E-state index in [2.05, 4.69) is 30.9 Å². The van der Waals surface area contributed by atoms with Crippen molar-refractivity contribution in [2.24, 2.45) is 11.7 Å². The standard InChI is InChI=1S/C17H28N2O/c1-14-7-6-10-19(12-14)17(2,13-18)11-15-8-4-5-9-16(15)20-3/h4-5,8-9,14H,6-7,10-13,18H2,1-3H3. The van der Waals surface area contributed by atoms with Crippen LogP contribution >= 0.6 is 0 Å². The average Bonchev–Trinajstić information content (AvgIpc) is 2.47. The number of benzene rings is 1. The Labute approximate surface area is 123 Å². The van der Waals surface area contributed by atoms with Crippen LogP contribution in [0.4, 0.5) is 0 Å². The molecule has 0 amide bonds. The van der Waals surface area contributed by atoms with Crippen LogP contribution in [0.1, 0.15) is 32.3 Å². The predicted molar refractivity (Wildman–Crippen MR) is 84.1 cm³/mol. The van der Waals surface area contributed by atoms with Gasteiger partial charge in [0.05, 0.1) is 7.11 Å². The van der Waals surface area contributed by atoms with Gasteiger partial charge in [0.1, 0.15) is 5.75 Å². The highest BCUT2D eigenvalue weighted by Crippen LogP contribution is 2.29. The fourth-order valence-corrected chi connectivity index (χ4v) is 3.25. The quantitative estimate of drug-likeness (QED) is 0.898. The van der Waals surface area contributed by atoms with Crippen LogP contribution in [0, 0.1) is 5.92 Å². The fraction of sp³-hybridized carbons (Fsp3) is 0.647. The molecule has 3 nitrogen and oxygen atoms in total. The van der Waals surface area contributed by atoms with E-state index in [1.165, 1.54) is 18.4 Å². The van der Waals surface area contributed by atoms with Gasteiger partial charge in [-0.1, -0.05) is 25.1 Å². The number of hydrogen-bond donors (Lipinski definition) is 1. The number of ether oxygens (including phenoxy) is 1. The molecule has 0 radical (unpaired) electrons. The maximum Gasteiger partial charge on any atom is 0.122 e. The van der Waals surface area contributed by atoms with Gasteiger partial charge < -0.3 is 10.5 Å². The summed E-state index contributed by atoms with van der Waals surface area (Å²) in [6.07, 6.45) is 3.56. The summed E-state index contributed by atoms with van der Waals surface area (Å²) >= 11 is 0. The molecule has 2 N–H and O–H groups in total. The molecule has 0 spiro atoms. The van der Waals surface area contributed by atoms with Crippen molar-refractivity contribution >= 4 is 0 Å². The van der Waals surface area contributed by atoms with Crippen LogP contribution in [0.15, 0.2) is 24.3 Å². The first kappa shape index (κ1) is 15.3. The second-order valence-corrected chi connectivity index (χ2v) is 6.38. The number of nitrogens with zero attached hydrogens (tertiary/aromatic N) is 1. The van der Waals surface area contributed by atoms with Gasteiger partial charge in [-0.2, -0.15) is 0 Å². The molecule has 1 saturated heterocycles. The summed E-state index contributed by atoms with van der Waals surface area (Å²) in [7, 11) is 1.74. The third kappa shape index (κ3) is 3.33. The number of hydrogen-bond acceptors (Lipinski definition) is 3. The van der Waals surface area contributed by atoms with E-state index in [-0.39, 0.29) is 5.54 Å². The lowest BCUT2D eigenvalue weighted by Gasteiger charge is -2.45. The van der Waals surface area contributed by atoms with Crippen molar-refractivity contribution in [3.8, 4) is 5.75 Å². The van der Waals surface area contributed by atoms with Gasteiger partial charge in [-0.15, -0.1) is 0 Å². The van der Waals surface area contributed by atoms with E-state index in [0.29, 0.717) is 6.54 Å². The Morgan fingerprint density at radius 3 is 2.80 bits per heavy atom. The molecule has 1 aromatic carbocycles. The first-order valence-corrected chi connectivity index (χ1v) is 7.66. The minimum absolute atomic E-state index is 0.0172. The third-order valence-electron chi connectivity index (χ3n) is 4.62. The smallest absolute Gasteiger partial charge is 0.122 e. The second kappa shape index (κ2) is 6.59. The van der Waals surface area contributed by atoms with Crippen LogP contribution in [0.25, 0.3) is 0 Å². The van der Waals surface area contributed by atoms with Crippen molar-refractivity contribution in [2.45, 2.75) is 38.6 Å². The second-order valence-electron chi connectivity index (χ2n) is 6.38. The van der Waals surface area contributed by atoms with Crippen molar-refractivity contribution < 1.29 is 4.74 Å². The highest BCUT2D eigenvalue weighted by Gasteiger charge is 2.33. The minimum atomic E-state index is 0.0172. The monoisotopic (exact) mass is 276 g/mol. The van der Waals surface area contributed by atoms with Gasteiger partial charge in [-0.3, -0.25) is 4.90 Å². The van der Waals surface area contributed by atoms with Crippen LogP contribution in [0.3, 0.4) is 0 Å². The normalized spacial score (nSPS) is 23.3. The van der Waals surface area contributed by atoms with Gasteiger partial charge in [0, 0.05) is 18.6 Å². The molecule has 20 heavy (non-hydrogen) atoms. The first-order valence-electron chi connectivity index (χ1n) is 7.66. The Bertz CT molecular complexity index is 435. The van der Waals surface area contributed by atoms with Crippen molar-refractivity contribution in [1.82, 2.24) is 4.90 Å². The average molecular weight is 276 g/mol. The number of likely N-dealkylation sites (tertiary alicyclic amines) is 1. The topological polar surface area (TPSA) is 38.5 Å². The Kier molecular flexibility index (Phi) is 5.06. The van der Waals surface area contributed by atoms with E-state index in [1.54, 1.807) is 7.11 Å². The zero-order chi connectivity index (χ0) is 14.6. The van der Waals surface area contributed by atoms with Crippen LogP contribution < -0.4 is 10.5 Å². The summed E-state index contributed by atoms with van der Waals surface area (Å²) in [5, 5.41) is 0. The molecule has 2 unspecified atom stereocenters. The summed E-state index contributed by atoms with van der Waals surface area (Å²) in [6.45, 7) is 7.62. The Balaban J connectivity index is 2.18. The van der Waals surface area contributed by atoms with E-state index < -0.39 is 0 Å². The molecule has 1 aliphatic heterocycles. The molecule has 0 aliphatic carbocycles. The van der Waals surface area contributed by atoms with Crippen molar-refractivity contribution in [1.29, 1.82) is 0 Å². The SMILES string of the molecule is COc1ccccc1CC(C)(CN)N1CCCC(C)C1. The molecule has 1 heterocycles. The van der Waals surface area contributed by atoms with Crippen LogP contribution in [0.5, 0.6) is 5.75 Å². The molecule has 0 bridgehead atoms. The van der Waals surface area contributed by atoms with Crippen LogP contribution in [-0.2, 0) is 6.42 Å². The van der Waals surface area contributed by atoms with Gasteiger partial charge in [0.15, 0.2) is 0 Å². The van der Waals surface area contributed by atoms with Gasteiger partial charge in [0.2, 0.25) is 0 Å². The lowest BCUT2D eigenvalue weighted by atomic mass is 9.87. The zero-order valence-electron chi connectivity index (χ0n) is 13.1. The van der Waals surface area contributed by atoms with E-state index in [9.17, 15) is 0 Å². The molecule has 2 rings (SSSR count). The predicted octanol–water partition coefficient (Wildman–Crippen LogP) is 2.69. The molecule has 112 valence electrons. The minimum Gasteiger partial charge on any atom is -0.496 e. The largest absolute Gasteiger partial charge is 0.496 e. The lowest BCUT2D eigenvalue weighted by molar-refractivity contribution is 0.0637. The third-order valence-corrected chi connectivity index (χ3v) is 4.62. The van der Waals surface area contributed by atoms with Gasteiger partial charge in [0.25, 0.3) is 0 Å². The molecule has 1 aromatic rings. The number of piperidine rings is 1. The van der Waals surface area contributed by atoms with E-state index >= 15 is 0 Å². The Morgan fingerprint density at radius 2 is 2.15 bits per heavy atom. The number of para-hydroxylation sites is 1. The molecule has 2 atom stereocenters. The molecule has 1 fully saturated rings. The maximum atomic E-state index is 6.14. The number of methoxy groups -OCH3 is 1. The highest BCUT2D eigenvalue weighted by molar-refractivity contribution is 5.34. The van der Waals surface area contributed by atoms with Crippen molar-refractivity contribution in [2.75, 3.05) is 26.7 Å². The summed E-state index contributed by atoms with van der Waals surface area (Å²) in [5.41, 5.74) is 7.41. The van der Waals surface area contributed by atoms with E-state index in [0.717, 1.165) is 31.2 Å². The molecule has 0 aromatic heterocycles. The summed E-state index contributed by atoms with van der Waals surface area (Å²) < 4.78 is 5.48. The summed E-state index contributed by atoms with van der Waals surface area (Å²) in [4.78, 5) is 2.58. The van der Waals surface area contributed by atoms with Crippen molar-refractivity contribution in [3.05, 3.63) is 29.8 Å². The fourth-order valence-electron chi connectivity index (χ4n) is 3.25. The summed E-state index contributed by atoms with van der Waals surface area (Å²) in [5.74, 6) is 1.74. The van der Waals surface area contributed by atoms with E-state index in [4.69, 9.17) is 10.5 Å². The molecule has 0 saturated carbocycles. The van der Waals surface area contributed by atoms with Crippen molar-refractivity contribution in [3.63, 3.8) is 0 Å². The van der Waals surface area contributed by atoms with Gasteiger partial charge >= 0.3 is 0 Å². The maximum absolute atomic E-state index is 6.14. The van der Waals surface area contributed by atoms with Crippen LogP contribution in [-0.4, -0.2) is 37.2 Å².